The molecule has 1 amide bonds. The molecular formula is C25H34CaN3O9PS. The van der Waals surface area contributed by atoms with E-state index in [9.17, 15) is 27.6 Å². The van der Waals surface area contributed by atoms with Crippen LogP contribution in [0.1, 0.15) is 31.3 Å². The van der Waals surface area contributed by atoms with Crippen molar-refractivity contribution in [2.24, 2.45) is 5.92 Å². The van der Waals surface area contributed by atoms with E-state index in [4.69, 9.17) is 25.2 Å². The average molecular weight is 628 g/mol. The summed E-state index contributed by atoms with van der Waals surface area (Å²) in [6, 6.07) is 3.69. The minimum Gasteiger partial charge on any atom is -0.790 e. The first-order valence-electron chi connectivity index (χ1n) is 14.2. The summed E-state index contributed by atoms with van der Waals surface area (Å²) in [5, 5.41) is 2.50. The third kappa shape index (κ3) is 11.2. The third-order valence-corrected chi connectivity index (χ3v) is 7.88. The van der Waals surface area contributed by atoms with Crippen LogP contribution in [0.3, 0.4) is 0 Å². The molecule has 3 rings (SSSR count). The smallest absolute Gasteiger partial charge is 0.790 e. The van der Waals surface area contributed by atoms with E-state index < -0.39 is 89.4 Å². The Labute approximate surface area is 270 Å². The minimum absolute atomic E-state index is 0. The second kappa shape index (κ2) is 15.8. The molecule has 216 valence electrons. The molecule has 0 unspecified atom stereocenters. The number of hydrogen-bond donors (Lipinski definition) is 2. The van der Waals surface area contributed by atoms with Crippen molar-refractivity contribution < 1.29 is 47.0 Å². The molecule has 1 fully saturated rings. The van der Waals surface area contributed by atoms with Gasteiger partial charge < -0.3 is 39.4 Å². The normalized spacial score (nSPS) is 18.7. The number of rotatable bonds is 13. The van der Waals surface area contributed by atoms with E-state index in [0.717, 1.165) is 0 Å². The van der Waals surface area contributed by atoms with Gasteiger partial charge in [0.15, 0.2) is 0 Å². The number of nitrogens with two attached hydrogens (primary N) is 1. The molecule has 1 heterocycles. The van der Waals surface area contributed by atoms with Crippen LogP contribution in [0.25, 0.3) is 0 Å². The summed E-state index contributed by atoms with van der Waals surface area (Å²) in [5.74, 6) is -0.405. The molecular weight excluding hydrogens is 589 g/mol. The molecule has 0 aromatic heterocycles. The van der Waals surface area contributed by atoms with Crippen molar-refractivity contribution in [3.05, 3.63) is 60.1 Å². The van der Waals surface area contributed by atoms with Gasteiger partial charge in [0, 0.05) is 25.2 Å². The van der Waals surface area contributed by atoms with E-state index >= 15 is 0 Å². The Kier molecular flexibility index (Phi) is 11.4. The maximum Gasteiger partial charge on any atom is 2.00 e. The number of carbonyl (C=O) groups is 1. The first kappa shape index (κ1) is 28.8. The van der Waals surface area contributed by atoms with Gasteiger partial charge in [0.25, 0.3) is 0 Å². The summed E-state index contributed by atoms with van der Waals surface area (Å²) >= 11 is 0. The minimum atomic E-state index is -5.79. The van der Waals surface area contributed by atoms with Crippen molar-refractivity contribution in [3.63, 3.8) is 0 Å². The number of nitrogens with zero attached hydrogens (tertiary/aromatic N) is 1. The zero-order valence-electron chi connectivity index (χ0n) is 26.2. The largest absolute Gasteiger partial charge is 2.00 e. The molecule has 12 nitrogen and oxygen atoms in total. The maximum atomic E-state index is 13.9. The van der Waals surface area contributed by atoms with Crippen LogP contribution in [0, 0.1) is 5.92 Å². The molecule has 3 atom stereocenters. The summed E-state index contributed by atoms with van der Waals surface area (Å²) in [6.45, 7) is 2.66. The van der Waals surface area contributed by atoms with Gasteiger partial charge in [0.1, 0.15) is 6.10 Å². The van der Waals surface area contributed by atoms with Gasteiger partial charge in [-0.05, 0) is 42.1 Å². The number of amides is 1. The van der Waals surface area contributed by atoms with E-state index in [1.807, 2.05) is 0 Å². The first-order chi connectivity index (χ1) is 20.0. The summed E-state index contributed by atoms with van der Waals surface area (Å²) in [5.41, 5.74) is 5.64. The van der Waals surface area contributed by atoms with E-state index in [1.165, 1.54) is 0 Å². The van der Waals surface area contributed by atoms with Gasteiger partial charge in [-0.15, -0.1) is 0 Å². The molecule has 0 bridgehead atoms. The number of nitrogens with one attached hydrogen (secondary N) is 1. The number of alkyl carbamates (subject to hydrolysis) is 1. The fraction of sp³-hybridized carbons (Fsp3) is 0.480. The van der Waals surface area contributed by atoms with E-state index in [2.05, 4.69) is 5.32 Å². The fourth-order valence-corrected chi connectivity index (χ4v) is 5.93. The summed E-state index contributed by atoms with van der Waals surface area (Å²) in [4.78, 5) is 35.7. The molecule has 0 radical (unpaired) electrons. The number of anilines is 1. The topological polar surface area (TPSA) is 183 Å². The standard InChI is InChI=1S/C25H36N3O9PS.Ca/c1-18(2)15-28(39(33,34)22-10-8-20(26)9-11-22)16-24(37-38(30,31)32)23(14-19-6-4-3-5-7-19)27-25(29)36-21-12-13-35-17-21;/h3-11,18,21,23-24H,12-17,26H2,1-2H3,(H,27,29)(H2,30,31,32);/q;+2/p-2/t21-,23-,24+;/m0./s1/i8D,9D,10D,11D;. The van der Waals surface area contributed by atoms with Crippen molar-refractivity contribution >= 4 is 67.4 Å². The Balaban J connectivity index is 0.00000675. The zero-order chi connectivity index (χ0) is 32.1. The zero-order valence-corrected chi connectivity index (χ0v) is 26.1. The number of phosphoric acid groups is 1. The molecule has 3 N–H and O–H groups in total. The van der Waals surface area contributed by atoms with Crippen LogP contribution < -0.4 is 20.8 Å². The Morgan fingerprint density at radius 3 is 2.42 bits per heavy atom. The number of carbonyl (C=O) groups excluding carboxylic acids is 1. The Hall–Kier alpha value is -1.25. The second-order valence-corrected chi connectivity index (χ2v) is 12.4. The van der Waals surface area contributed by atoms with Crippen molar-refractivity contribution in [3.8, 4) is 0 Å². The van der Waals surface area contributed by atoms with Crippen molar-refractivity contribution in [1.29, 1.82) is 0 Å². The van der Waals surface area contributed by atoms with E-state index in [1.54, 1.807) is 44.2 Å². The molecule has 2 aromatic carbocycles. The van der Waals surface area contributed by atoms with Crippen LogP contribution in [0.4, 0.5) is 10.5 Å². The number of hydrogen-bond acceptors (Lipinski definition) is 10. The molecule has 1 aliphatic rings. The average Bonchev–Trinajstić information content (AvgIpc) is 3.42. The van der Waals surface area contributed by atoms with Crippen molar-refractivity contribution in [2.45, 2.75) is 49.8 Å². The number of ether oxygens (including phenoxy) is 2. The van der Waals surface area contributed by atoms with Crippen molar-refractivity contribution in [2.75, 3.05) is 32.0 Å². The maximum absolute atomic E-state index is 13.9. The molecule has 1 aliphatic heterocycles. The number of sulfonamides is 1. The van der Waals surface area contributed by atoms with E-state index in [-0.39, 0.29) is 57.3 Å². The second-order valence-electron chi connectivity index (χ2n) is 9.38. The van der Waals surface area contributed by atoms with E-state index in [0.29, 0.717) is 22.9 Å². The number of phosphoric ester groups is 1. The van der Waals surface area contributed by atoms with Crippen LogP contribution in [0.15, 0.2) is 59.4 Å². The quantitative estimate of drug-likeness (QED) is 0.184. The molecule has 15 heteroatoms. The summed E-state index contributed by atoms with van der Waals surface area (Å²) in [6.07, 6.45) is -3.04. The SMILES string of the molecule is [2H]c1c([2H])c(S(=O)(=O)N(CC(C)C)C[C@@H](OP(=O)([O-])[O-])[C@H](Cc2ccccc2)NC(=O)O[C@H]2CCOC2)c([2H])c([2H])c1N.[Ca+2]. The van der Waals surface area contributed by atoms with Crippen molar-refractivity contribution in [1.82, 2.24) is 9.62 Å². The molecule has 2 aromatic rings. The van der Waals surface area contributed by atoms with Crippen LogP contribution in [0.5, 0.6) is 0 Å². The van der Waals surface area contributed by atoms with Gasteiger partial charge in [-0.3, -0.25) is 0 Å². The Morgan fingerprint density at radius 1 is 1.23 bits per heavy atom. The molecule has 0 aliphatic carbocycles. The summed E-state index contributed by atoms with van der Waals surface area (Å²) < 4.78 is 88.3. The van der Waals surface area contributed by atoms with Gasteiger partial charge in [-0.1, -0.05) is 44.2 Å². The van der Waals surface area contributed by atoms with Gasteiger partial charge in [-0.2, -0.15) is 4.31 Å². The molecule has 40 heavy (non-hydrogen) atoms. The van der Waals surface area contributed by atoms with Gasteiger partial charge >= 0.3 is 43.8 Å². The number of benzene rings is 2. The molecule has 0 spiro atoms. The van der Waals surface area contributed by atoms with Crippen LogP contribution in [0.2, 0.25) is 0 Å². The molecule has 0 saturated carbocycles. The van der Waals surface area contributed by atoms with Crippen LogP contribution in [-0.2, 0) is 35.0 Å². The van der Waals surface area contributed by atoms with Crippen LogP contribution in [-0.4, -0.2) is 101 Å². The fourth-order valence-electron chi connectivity index (χ4n) is 3.93. The van der Waals surface area contributed by atoms with Gasteiger partial charge in [0.05, 0.1) is 43.6 Å². The Morgan fingerprint density at radius 2 is 1.88 bits per heavy atom. The van der Waals surface area contributed by atoms with Crippen LogP contribution >= 0.6 is 7.82 Å². The van der Waals surface area contributed by atoms with Gasteiger partial charge in [-0.25, -0.2) is 13.2 Å². The monoisotopic (exact) mass is 627 g/mol. The summed E-state index contributed by atoms with van der Waals surface area (Å²) in [7, 11) is -10.7. The first-order valence-corrected chi connectivity index (χ1v) is 15.1. The van der Waals surface area contributed by atoms with Gasteiger partial charge in [0.2, 0.25) is 10.0 Å². The predicted molar refractivity (Wildman–Crippen MR) is 145 cm³/mol. The third-order valence-electron chi connectivity index (χ3n) is 5.65. The molecule has 1 saturated heterocycles. The predicted octanol–water partition coefficient (Wildman–Crippen LogP) is 0.875. The number of nitrogen functional groups attached to an aromatic ring is 1. The Bertz CT molecular complexity index is 1420.